The number of carbonyl (C=O) groups is 4. The molecule has 0 aliphatic carbocycles. The zero-order valence-electron chi connectivity index (χ0n) is 24.5. The van der Waals surface area contributed by atoms with Crippen LogP contribution in [0.4, 0.5) is 5.69 Å². The fourth-order valence-electron chi connectivity index (χ4n) is 5.49. The molecule has 0 N–H and O–H groups in total. The third-order valence-electron chi connectivity index (χ3n) is 7.49. The standard InChI is InChI=1S/C33H36N2O6/c1-32(2,3)27(35-28(36)24-15-11-12-16-25(24)29(35)37)30(38)34(22-17-19-23(40-6)20-18-22)26(21-13-9-8-10-14-21)33(4,5)31(39)41-7/h8-20,26-27H,1-7H3/t26-,27+/m0/s1. The van der Waals surface area contributed by atoms with Gasteiger partial charge in [0.1, 0.15) is 11.8 Å². The maximum absolute atomic E-state index is 15.0. The first kappa shape index (κ1) is 29.5. The highest BCUT2D eigenvalue weighted by Gasteiger charge is 2.52. The Balaban J connectivity index is 1.97. The van der Waals surface area contributed by atoms with Crippen LogP contribution in [0.15, 0.2) is 78.9 Å². The summed E-state index contributed by atoms with van der Waals surface area (Å²) in [5.74, 6) is -1.51. The van der Waals surface area contributed by atoms with Gasteiger partial charge >= 0.3 is 5.97 Å². The number of hydrogen-bond donors (Lipinski definition) is 0. The van der Waals surface area contributed by atoms with Crippen molar-refractivity contribution in [2.75, 3.05) is 19.1 Å². The maximum atomic E-state index is 15.0. The lowest BCUT2D eigenvalue weighted by atomic mass is 9.77. The summed E-state index contributed by atoms with van der Waals surface area (Å²) in [4.78, 5) is 58.3. The van der Waals surface area contributed by atoms with Crippen LogP contribution in [-0.4, -0.2) is 48.9 Å². The number of methoxy groups -OCH3 is 2. The number of imide groups is 1. The Labute approximate surface area is 240 Å². The van der Waals surface area contributed by atoms with E-state index in [2.05, 4.69) is 0 Å². The molecule has 0 bridgehead atoms. The zero-order valence-corrected chi connectivity index (χ0v) is 24.5. The number of fused-ring (bicyclic) bond motifs is 1. The molecule has 0 unspecified atom stereocenters. The normalized spacial score (nSPS) is 14.8. The number of nitrogens with zero attached hydrogens (tertiary/aromatic N) is 2. The topological polar surface area (TPSA) is 93.2 Å². The maximum Gasteiger partial charge on any atom is 0.313 e. The largest absolute Gasteiger partial charge is 0.497 e. The first-order chi connectivity index (χ1) is 19.3. The van der Waals surface area contributed by atoms with Crippen LogP contribution >= 0.6 is 0 Å². The van der Waals surface area contributed by atoms with Crippen molar-refractivity contribution in [2.24, 2.45) is 10.8 Å². The van der Waals surface area contributed by atoms with Crippen LogP contribution in [0.25, 0.3) is 0 Å². The summed E-state index contributed by atoms with van der Waals surface area (Å²) in [6, 6.07) is 20.6. The van der Waals surface area contributed by atoms with Crippen molar-refractivity contribution in [1.82, 2.24) is 4.90 Å². The average molecular weight is 557 g/mol. The molecule has 1 heterocycles. The van der Waals surface area contributed by atoms with E-state index < -0.39 is 46.6 Å². The van der Waals surface area contributed by atoms with E-state index in [0.29, 0.717) is 17.0 Å². The summed E-state index contributed by atoms with van der Waals surface area (Å²) in [5, 5.41) is 0. The third-order valence-corrected chi connectivity index (χ3v) is 7.49. The second kappa shape index (κ2) is 11.2. The van der Waals surface area contributed by atoms with Crippen LogP contribution < -0.4 is 9.64 Å². The molecule has 3 aromatic rings. The molecule has 4 rings (SSSR count). The van der Waals surface area contributed by atoms with Gasteiger partial charge in [-0.15, -0.1) is 0 Å². The summed E-state index contributed by atoms with van der Waals surface area (Å²) < 4.78 is 10.6. The molecule has 0 spiro atoms. The summed E-state index contributed by atoms with van der Waals surface area (Å²) in [6.07, 6.45) is 0. The molecule has 3 aromatic carbocycles. The number of rotatable bonds is 8. The molecule has 41 heavy (non-hydrogen) atoms. The van der Waals surface area contributed by atoms with Gasteiger partial charge in [-0.1, -0.05) is 63.2 Å². The molecule has 0 aromatic heterocycles. The molecule has 0 saturated heterocycles. The number of ether oxygens (including phenoxy) is 2. The van der Waals surface area contributed by atoms with Crippen molar-refractivity contribution >= 4 is 29.4 Å². The van der Waals surface area contributed by atoms with E-state index in [9.17, 15) is 14.4 Å². The minimum absolute atomic E-state index is 0.255. The van der Waals surface area contributed by atoms with Crippen LogP contribution in [-0.2, 0) is 14.3 Å². The molecule has 0 fully saturated rings. The molecule has 1 aliphatic rings. The predicted octanol–water partition coefficient (Wildman–Crippen LogP) is 5.68. The monoisotopic (exact) mass is 556 g/mol. The van der Waals surface area contributed by atoms with Crippen LogP contribution in [0.3, 0.4) is 0 Å². The van der Waals surface area contributed by atoms with Crippen LogP contribution in [0.2, 0.25) is 0 Å². The van der Waals surface area contributed by atoms with Gasteiger partial charge in [-0.2, -0.15) is 0 Å². The Morgan fingerprint density at radius 1 is 0.756 bits per heavy atom. The second-order valence-corrected chi connectivity index (χ2v) is 11.7. The molecular formula is C33H36N2O6. The first-order valence-corrected chi connectivity index (χ1v) is 13.4. The van der Waals surface area contributed by atoms with Crippen molar-refractivity contribution in [3.8, 4) is 5.75 Å². The fourth-order valence-corrected chi connectivity index (χ4v) is 5.49. The van der Waals surface area contributed by atoms with E-state index >= 15 is 4.79 Å². The zero-order chi connectivity index (χ0) is 30.1. The van der Waals surface area contributed by atoms with Gasteiger partial charge in [0.2, 0.25) is 0 Å². The Hall–Kier alpha value is -4.46. The molecular weight excluding hydrogens is 520 g/mol. The molecule has 3 amide bonds. The van der Waals surface area contributed by atoms with Crippen LogP contribution in [0, 0.1) is 10.8 Å². The van der Waals surface area contributed by atoms with Crippen molar-refractivity contribution < 1.29 is 28.7 Å². The van der Waals surface area contributed by atoms with Gasteiger partial charge in [-0.25, -0.2) is 0 Å². The Bertz CT molecular complexity index is 1420. The number of anilines is 1. The van der Waals surface area contributed by atoms with Gasteiger partial charge in [-0.3, -0.25) is 24.1 Å². The van der Waals surface area contributed by atoms with E-state index in [-0.39, 0.29) is 11.1 Å². The molecule has 214 valence electrons. The predicted molar refractivity (Wildman–Crippen MR) is 156 cm³/mol. The number of esters is 1. The molecule has 8 heteroatoms. The second-order valence-electron chi connectivity index (χ2n) is 11.7. The van der Waals surface area contributed by atoms with E-state index in [1.807, 2.05) is 51.1 Å². The summed E-state index contributed by atoms with van der Waals surface area (Å²) in [6.45, 7) is 8.87. The molecule has 0 saturated carbocycles. The summed E-state index contributed by atoms with van der Waals surface area (Å²) in [5.41, 5.74) is -0.452. The number of hydrogen-bond acceptors (Lipinski definition) is 6. The van der Waals surface area contributed by atoms with E-state index in [1.165, 1.54) is 12.0 Å². The lowest BCUT2D eigenvalue weighted by Crippen LogP contribution is -2.59. The van der Waals surface area contributed by atoms with Crippen molar-refractivity contribution in [3.63, 3.8) is 0 Å². The Morgan fingerprint density at radius 3 is 1.73 bits per heavy atom. The SMILES string of the molecule is COC(=O)C(C)(C)[C@H](c1ccccc1)N(C(=O)[C@@H](N1C(=O)c2ccccc2C1=O)C(C)(C)C)c1ccc(OC)cc1. The minimum atomic E-state index is -1.24. The Kier molecular flexibility index (Phi) is 8.06. The highest BCUT2D eigenvalue weighted by atomic mass is 16.5. The number of carbonyl (C=O) groups excluding carboxylic acids is 4. The highest BCUT2D eigenvalue weighted by Crippen LogP contribution is 2.44. The summed E-state index contributed by atoms with van der Waals surface area (Å²) >= 11 is 0. The lowest BCUT2D eigenvalue weighted by molar-refractivity contribution is -0.152. The minimum Gasteiger partial charge on any atom is -0.497 e. The van der Waals surface area contributed by atoms with Crippen molar-refractivity contribution in [3.05, 3.63) is 95.6 Å². The third kappa shape index (κ3) is 5.34. The van der Waals surface area contributed by atoms with Gasteiger partial charge in [0.05, 0.1) is 36.8 Å². The smallest absolute Gasteiger partial charge is 0.313 e. The number of benzene rings is 3. The van der Waals surface area contributed by atoms with Crippen LogP contribution in [0.5, 0.6) is 5.75 Å². The van der Waals surface area contributed by atoms with E-state index in [4.69, 9.17) is 9.47 Å². The summed E-state index contributed by atoms with van der Waals surface area (Å²) in [7, 11) is 2.85. The quantitative estimate of drug-likeness (QED) is 0.262. The molecule has 1 aliphatic heterocycles. The van der Waals surface area contributed by atoms with Gasteiger partial charge in [0.15, 0.2) is 0 Å². The average Bonchev–Trinajstić information content (AvgIpc) is 3.20. The van der Waals surface area contributed by atoms with E-state index in [0.717, 1.165) is 4.90 Å². The highest BCUT2D eigenvalue weighted by molar-refractivity contribution is 6.23. The lowest BCUT2D eigenvalue weighted by Gasteiger charge is -2.45. The molecule has 0 radical (unpaired) electrons. The van der Waals surface area contributed by atoms with Gasteiger partial charge in [-0.05, 0) is 61.2 Å². The van der Waals surface area contributed by atoms with Crippen molar-refractivity contribution in [1.29, 1.82) is 0 Å². The van der Waals surface area contributed by atoms with Gasteiger partial charge in [0, 0.05) is 5.69 Å². The molecule has 2 atom stereocenters. The molecule has 8 nitrogen and oxygen atoms in total. The fraction of sp³-hybridized carbons (Fsp3) is 0.333. The van der Waals surface area contributed by atoms with Gasteiger partial charge in [0.25, 0.3) is 17.7 Å². The van der Waals surface area contributed by atoms with E-state index in [1.54, 1.807) is 69.5 Å². The van der Waals surface area contributed by atoms with Gasteiger partial charge < -0.3 is 14.4 Å². The first-order valence-electron chi connectivity index (χ1n) is 13.4. The Morgan fingerprint density at radius 2 is 1.27 bits per heavy atom. The number of amides is 3. The van der Waals surface area contributed by atoms with Crippen molar-refractivity contribution in [2.45, 2.75) is 46.7 Å². The van der Waals surface area contributed by atoms with Crippen LogP contribution in [0.1, 0.15) is 66.9 Å².